The fourth-order valence-corrected chi connectivity index (χ4v) is 1.94. The summed E-state index contributed by atoms with van der Waals surface area (Å²) in [5.41, 5.74) is 7.43. The number of nitrogens with zero attached hydrogens (tertiary/aromatic N) is 2. The molecule has 1 amide bonds. The molecule has 2 N–H and O–H groups in total. The van der Waals surface area contributed by atoms with E-state index >= 15 is 0 Å². The standard InChI is InChI=1S/C14H13N3O2/c15-11-5-3-10(4-6-11)13-16-12(9-19-13)14(18)17-7-1-2-8-17/h1-6,9H,7-8,15H2. The van der Waals surface area contributed by atoms with Crippen molar-refractivity contribution in [1.29, 1.82) is 0 Å². The van der Waals surface area contributed by atoms with E-state index in [4.69, 9.17) is 10.2 Å². The number of anilines is 1. The first kappa shape index (κ1) is 11.5. The van der Waals surface area contributed by atoms with Gasteiger partial charge >= 0.3 is 0 Å². The van der Waals surface area contributed by atoms with Gasteiger partial charge < -0.3 is 15.1 Å². The summed E-state index contributed by atoms with van der Waals surface area (Å²) >= 11 is 0. The van der Waals surface area contributed by atoms with Gasteiger partial charge in [-0.1, -0.05) is 12.2 Å². The van der Waals surface area contributed by atoms with Crippen molar-refractivity contribution in [2.24, 2.45) is 0 Å². The number of rotatable bonds is 2. The van der Waals surface area contributed by atoms with Gasteiger partial charge in [-0.2, -0.15) is 0 Å². The summed E-state index contributed by atoms with van der Waals surface area (Å²) in [6.07, 6.45) is 5.31. The lowest BCUT2D eigenvalue weighted by Gasteiger charge is -2.12. The summed E-state index contributed by atoms with van der Waals surface area (Å²) in [6, 6.07) is 7.16. The van der Waals surface area contributed by atoms with Crippen LogP contribution in [0.1, 0.15) is 10.5 Å². The minimum absolute atomic E-state index is 0.115. The number of hydrogen-bond donors (Lipinski definition) is 1. The van der Waals surface area contributed by atoms with E-state index in [1.54, 1.807) is 17.0 Å². The summed E-state index contributed by atoms with van der Waals surface area (Å²) in [4.78, 5) is 18.0. The number of aromatic nitrogens is 1. The lowest BCUT2D eigenvalue weighted by Crippen LogP contribution is -2.28. The molecule has 1 aromatic carbocycles. The Kier molecular flexibility index (Phi) is 2.79. The van der Waals surface area contributed by atoms with Crippen LogP contribution in [-0.2, 0) is 0 Å². The SMILES string of the molecule is Nc1ccc(-c2nc(C(=O)N3CC=CC3)co2)cc1. The van der Waals surface area contributed by atoms with Crippen LogP contribution in [0.15, 0.2) is 47.1 Å². The molecular weight excluding hydrogens is 242 g/mol. The molecule has 5 heteroatoms. The summed E-state index contributed by atoms with van der Waals surface area (Å²) in [7, 11) is 0. The van der Waals surface area contributed by atoms with E-state index < -0.39 is 0 Å². The smallest absolute Gasteiger partial charge is 0.276 e. The molecule has 0 bridgehead atoms. The van der Waals surface area contributed by atoms with Crippen molar-refractivity contribution in [2.45, 2.75) is 0 Å². The van der Waals surface area contributed by atoms with Gasteiger partial charge in [-0.3, -0.25) is 4.79 Å². The maximum Gasteiger partial charge on any atom is 0.276 e. The molecule has 96 valence electrons. The van der Waals surface area contributed by atoms with Gasteiger partial charge in [0, 0.05) is 24.3 Å². The van der Waals surface area contributed by atoms with Gasteiger partial charge in [-0.25, -0.2) is 4.98 Å². The van der Waals surface area contributed by atoms with Crippen molar-refractivity contribution in [3.05, 3.63) is 48.4 Å². The molecule has 0 unspecified atom stereocenters. The van der Waals surface area contributed by atoms with Crippen LogP contribution in [0.3, 0.4) is 0 Å². The second kappa shape index (κ2) is 4.61. The molecule has 3 rings (SSSR count). The first-order chi connectivity index (χ1) is 9.24. The Labute approximate surface area is 110 Å². The van der Waals surface area contributed by atoms with Crippen molar-refractivity contribution in [2.75, 3.05) is 18.8 Å². The quantitative estimate of drug-likeness (QED) is 0.657. The Morgan fingerprint density at radius 3 is 2.58 bits per heavy atom. The summed E-state index contributed by atoms with van der Waals surface area (Å²) < 4.78 is 5.35. The van der Waals surface area contributed by atoms with Crippen molar-refractivity contribution in [1.82, 2.24) is 9.88 Å². The number of benzene rings is 1. The fraction of sp³-hybridized carbons (Fsp3) is 0.143. The molecule has 2 aromatic rings. The van der Waals surface area contributed by atoms with Crippen LogP contribution in [0, 0.1) is 0 Å². The first-order valence-electron chi connectivity index (χ1n) is 6.00. The number of nitrogens with two attached hydrogens (primary N) is 1. The van der Waals surface area contributed by atoms with Gasteiger partial charge in [0.15, 0.2) is 5.69 Å². The summed E-state index contributed by atoms with van der Waals surface area (Å²) in [6.45, 7) is 1.26. The summed E-state index contributed by atoms with van der Waals surface area (Å²) in [5.74, 6) is 0.311. The molecule has 0 spiro atoms. The topological polar surface area (TPSA) is 72.4 Å². The molecular formula is C14H13N3O2. The van der Waals surface area contributed by atoms with Crippen LogP contribution in [0.5, 0.6) is 0 Å². The Bertz CT molecular complexity index is 620. The van der Waals surface area contributed by atoms with Crippen LogP contribution in [-0.4, -0.2) is 28.9 Å². The predicted molar refractivity (Wildman–Crippen MR) is 71.4 cm³/mol. The van der Waals surface area contributed by atoms with Gasteiger partial charge in [0.05, 0.1) is 0 Å². The number of carbonyl (C=O) groups is 1. The van der Waals surface area contributed by atoms with Gasteiger partial charge in [-0.05, 0) is 24.3 Å². The van der Waals surface area contributed by atoms with E-state index in [1.807, 2.05) is 24.3 Å². The molecule has 0 fully saturated rings. The highest BCUT2D eigenvalue weighted by Gasteiger charge is 2.20. The fourth-order valence-electron chi connectivity index (χ4n) is 1.94. The Hall–Kier alpha value is -2.56. The largest absolute Gasteiger partial charge is 0.444 e. The highest BCUT2D eigenvalue weighted by Crippen LogP contribution is 2.20. The average molecular weight is 255 g/mol. The Morgan fingerprint density at radius 2 is 1.89 bits per heavy atom. The number of carbonyl (C=O) groups excluding carboxylic acids is 1. The molecule has 1 aliphatic rings. The van der Waals surface area contributed by atoms with E-state index in [0.29, 0.717) is 30.4 Å². The maximum atomic E-state index is 12.1. The number of amides is 1. The van der Waals surface area contributed by atoms with Crippen LogP contribution in [0.2, 0.25) is 0 Å². The van der Waals surface area contributed by atoms with E-state index in [0.717, 1.165) is 5.56 Å². The first-order valence-corrected chi connectivity index (χ1v) is 6.00. The highest BCUT2D eigenvalue weighted by atomic mass is 16.3. The summed E-state index contributed by atoms with van der Waals surface area (Å²) in [5, 5.41) is 0. The third-order valence-corrected chi connectivity index (χ3v) is 2.99. The van der Waals surface area contributed by atoms with Crippen molar-refractivity contribution in [3.8, 4) is 11.5 Å². The van der Waals surface area contributed by atoms with Crippen LogP contribution < -0.4 is 5.73 Å². The lowest BCUT2D eigenvalue weighted by molar-refractivity contribution is 0.0794. The van der Waals surface area contributed by atoms with E-state index in [1.165, 1.54) is 6.26 Å². The zero-order valence-electron chi connectivity index (χ0n) is 10.2. The molecule has 0 saturated heterocycles. The average Bonchev–Trinajstić information content (AvgIpc) is 3.10. The maximum absolute atomic E-state index is 12.1. The second-order valence-corrected chi connectivity index (χ2v) is 4.34. The third kappa shape index (κ3) is 2.22. The molecule has 5 nitrogen and oxygen atoms in total. The molecule has 0 atom stereocenters. The normalized spacial score (nSPS) is 14.0. The number of hydrogen-bond acceptors (Lipinski definition) is 4. The molecule has 1 aliphatic heterocycles. The molecule has 2 heterocycles. The molecule has 0 aliphatic carbocycles. The van der Waals surface area contributed by atoms with E-state index in [2.05, 4.69) is 4.98 Å². The minimum atomic E-state index is -0.115. The van der Waals surface area contributed by atoms with Crippen LogP contribution in [0.4, 0.5) is 5.69 Å². The predicted octanol–water partition coefficient (Wildman–Crippen LogP) is 1.94. The van der Waals surface area contributed by atoms with Gasteiger partial charge in [0.25, 0.3) is 5.91 Å². The lowest BCUT2D eigenvalue weighted by atomic mass is 10.2. The van der Waals surface area contributed by atoms with Crippen LogP contribution >= 0.6 is 0 Å². The van der Waals surface area contributed by atoms with Crippen molar-refractivity contribution in [3.63, 3.8) is 0 Å². The highest BCUT2D eigenvalue weighted by molar-refractivity contribution is 5.92. The molecule has 1 aromatic heterocycles. The van der Waals surface area contributed by atoms with Crippen molar-refractivity contribution < 1.29 is 9.21 Å². The molecule has 0 radical (unpaired) electrons. The van der Waals surface area contributed by atoms with E-state index in [-0.39, 0.29) is 5.91 Å². The second-order valence-electron chi connectivity index (χ2n) is 4.34. The van der Waals surface area contributed by atoms with Gasteiger partial charge in [0.1, 0.15) is 6.26 Å². The Balaban J connectivity index is 1.83. The Morgan fingerprint density at radius 1 is 1.21 bits per heavy atom. The van der Waals surface area contributed by atoms with Gasteiger partial charge in [-0.15, -0.1) is 0 Å². The van der Waals surface area contributed by atoms with E-state index in [9.17, 15) is 4.79 Å². The number of nitrogen functional groups attached to an aromatic ring is 1. The number of oxazole rings is 1. The molecule has 0 saturated carbocycles. The molecule has 19 heavy (non-hydrogen) atoms. The van der Waals surface area contributed by atoms with Crippen molar-refractivity contribution >= 4 is 11.6 Å². The third-order valence-electron chi connectivity index (χ3n) is 2.99. The van der Waals surface area contributed by atoms with Gasteiger partial charge in [0.2, 0.25) is 5.89 Å². The minimum Gasteiger partial charge on any atom is -0.444 e. The monoisotopic (exact) mass is 255 g/mol. The zero-order chi connectivity index (χ0) is 13.2. The zero-order valence-corrected chi connectivity index (χ0v) is 10.2. The van der Waals surface area contributed by atoms with Crippen LogP contribution in [0.25, 0.3) is 11.5 Å².